The van der Waals surface area contributed by atoms with Gasteiger partial charge in [0.1, 0.15) is 0 Å². The van der Waals surface area contributed by atoms with Crippen LogP contribution in [0.3, 0.4) is 0 Å². The number of nitrogens with zero attached hydrogens (tertiary/aromatic N) is 2. The molecule has 1 N–H and O–H groups in total. The largest absolute Gasteiger partial charge is 0.320 e. The molecule has 0 aliphatic carbocycles. The third-order valence-electron chi connectivity index (χ3n) is 2.39. The number of carbonyl (C=O) groups excluding carboxylic acids is 1. The van der Waals surface area contributed by atoms with Gasteiger partial charge < -0.3 is 5.32 Å². The van der Waals surface area contributed by atoms with E-state index in [0.29, 0.717) is 0 Å². The second-order valence-electron chi connectivity index (χ2n) is 3.97. The Morgan fingerprint density at radius 3 is 2.55 bits per heavy atom. The SMILES string of the molecule is CS(=O)(=O)c1ccc(NC(=O)c2ccncc2F)cn1. The van der Waals surface area contributed by atoms with Crippen molar-refractivity contribution in [1.29, 1.82) is 0 Å². The molecule has 0 fully saturated rings. The van der Waals surface area contributed by atoms with Gasteiger partial charge in [0, 0.05) is 12.5 Å². The van der Waals surface area contributed by atoms with Crippen molar-refractivity contribution in [2.24, 2.45) is 0 Å². The van der Waals surface area contributed by atoms with E-state index in [2.05, 4.69) is 15.3 Å². The highest BCUT2D eigenvalue weighted by Crippen LogP contribution is 2.12. The number of aromatic nitrogens is 2. The van der Waals surface area contributed by atoms with Gasteiger partial charge in [-0.05, 0) is 18.2 Å². The average molecular weight is 295 g/mol. The second kappa shape index (κ2) is 5.33. The van der Waals surface area contributed by atoms with Crippen LogP contribution in [-0.4, -0.2) is 30.5 Å². The Morgan fingerprint density at radius 2 is 2.00 bits per heavy atom. The first kappa shape index (κ1) is 14.1. The molecule has 1 amide bonds. The van der Waals surface area contributed by atoms with Crippen molar-refractivity contribution in [3.05, 3.63) is 48.2 Å². The number of hydrogen-bond donors (Lipinski definition) is 1. The van der Waals surface area contributed by atoms with E-state index in [4.69, 9.17) is 0 Å². The fraction of sp³-hybridized carbons (Fsp3) is 0.0833. The van der Waals surface area contributed by atoms with Crippen LogP contribution < -0.4 is 5.32 Å². The Balaban J connectivity index is 2.19. The summed E-state index contributed by atoms with van der Waals surface area (Å²) in [6.45, 7) is 0. The third-order valence-corrected chi connectivity index (χ3v) is 3.39. The number of rotatable bonds is 3. The van der Waals surface area contributed by atoms with E-state index in [1.165, 1.54) is 30.6 Å². The second-order valence-corrected chi connectivity index (χ2v) is 5.93. The summed E-state index contributed by atoms with van der Waals surface area (Å²) in [6, 6.07) is 3.87. The molecule has 2 aromatic heterocycles. The minimum absolute atomic E-state index is 0.106. The number of anilines is 1. The smallest absolute Gasteiger partial charge is 0.258 e. The average Bonchev–Trinajstić information content (AvgIpc) is 2.38. The van der Waals surface area contributed by atoms with Gasteiger partial charge in [-0.25, -0.2) is 17.8 Å². The van der Waals surface area contributed by atoms with Crippen molar-refractivity contribution >= 4 is 21.4 Å². The summed E-state index contributed by atoms with van der Waals surface area (Å²) in [5, 5.41) is 2.31. The summed E-state index contributed by atoms with van der Waals surface area (Å²) in [4.78, 5) is 19.0. The third kappa shape index (κ3) is 3.15. The summed E-state index contributed by atoms with van der Waals surface area (Å²) in [5.41, 5.74) is 0.103. The zero-order valence-electron chi connectivity index (χ0n) is 10.4. The number of carbonyl (C=O) groups is 1. The molecular formula is C12H10FN3O3S. The lowest BCUT2D eigenvalue weighted by molar-refractivity contribution is 0.102. The maximum absolute atomic E-state index is 13.3. The van der Waals surface area contributed by atoms with Crippen LogP contribution >= 0.6 is 0 Å². The fourth-order valence-electron chi connectivity index (χ4n) is 1.43. The van der Waals surface area contributed by atoms with Gasteiger partial charge in [-0.3, -0.25) is 9.78 Å². The molecule has 0 spiro atoms. The minimum atomic E-state index is -3.40. The Morgan fingerprint density at radius 1 is 1.25 bits per heavy atom. The van der Waals surface area contributed by atoms with Crippen molar-refractivity contribution in [3.8, 4) is 0 Å². The molecule has 0 aromatic carbocycles. The highest BCUT2D eigenvalue weighted by molar-refractivity contribution is 7.90. The van der Waals surface area contributed by atoms with Gasteiger partial charge in [0.2, 0.25) is 0 Å². The fourth-order valence-corrected chi connectivity index (χ4v) is 1.99. The van der Waals surface area contributed by atoms with Gasteiger partial charge in [-0.15, -0.1) is 0 Å². The monoisotopic (exact) mass is 295 g/mol. The van der Waals surface area contributed by atoms with Crippen LogP contribution in [0.15, 0.2) is 41.8 Å². The van der Waals surface area contributed by atoms with E-state index in [-0.39, 0.29) is 16.3 Å². The molecule has 8 heteroatoms. The molecule has 0 aliphatic heterocycles. The first-order valence-corrected chi connectivity index (χ1v) is 7.34. The maximum atomic E-state index is 13.3. The van der Waals surface area contributed by atoms with Crippen molar-refractivity contribution in [2.75, 3.05) is 11.6 Å². The Hall–Kier alpha value is -2.35. The van der Waals surface area contributed by atoms with E-state index >= 15 is 0 Å². The molecule has 0 radical (unpaired) electrons. The highest BCUT2D eigenvalue weighted by Gasteiger charge is 2.13. The standard InChI is InChI=1S/C12H10FN3O3S/c1-20(18,19)11-3-2-8(6-15-11)16-12(17)9-4-5-14-7-10(9)13/h2-7H,1H3,(H,16,17). The topological polar surface area (TPSA) is 89.0 Å². The molecule has 2 heterocycles. The minimum Gasteiger partial charge on any atom is -0.320 e. The number of amides is 1. The molecule has 20 heavy (non-hydrogen) atoms. The number of nitrogens with one attached hydrogen (secondary N) is 1. The molecule has 2 rings (SSSR count). The molecule has 6 nitrogen and oxygen atoms in total. The van der Waals surface area contributed by atoms with Gasteiger partial charge in [0.15, 0.2) is 20.7 Å². The molecular weight excluding hydrogens is 285 g/mol. The summed E-state index contributed by atoms with van der Waals surface area (Å²) in [5.74, 6) is -1.41. The number of pyridine rings is 2. The summed E-state index contributed by atoms with van der Waals surface area (Å²) in [6.07, 6.45) is 4.44. The number of sulfone groups is 1. The molecule has 0 unspecified atom stereocenters. The predicted octanol–water partition coefficient (Wildman–Crippen LogP) is 1.27. The molecule has 0 atom stereocenters. The van der Waals surface area contributed by atoms with Gasteiger partial charge in [0.25, 0.3) is 5.91 Å². The van der Waals surface area contributed by atoms with E-state index in [1.807, 2.05) is 0 Å². The molecule has 0 bridgehead atoms. The lowest BCUT2D eigenvalue weighted by Gasteiger charge is -2.06. The number of hydrogen-bond acceptors (Lipinski definition) is 5. The summed E-state index contributed by atoms with van der Waals surface area (Å²) in [7, 11) is -3.40. The maximum Gasteiger partial charge on any atom is 0.258 e. The molecule has 104 valence electrons. The number of halogens is 1. The van der Waals surface area contributed by atoms with Crippen LogP contribution in [0.25, 0.3) is 0 Å². The summed E-state index contributed by atoms with van der Waals surface area (Å²) < 4.78 is 35.8. The molecule has 0 saturated heterocycles. The zero-order valence-corrected chi connectivity index (χ0v) is 11.2. The van der Waals surface area contributed by atoms with Gasteiger partial charge in [0.05, 0.1) is 23.6 Å². The Kier molecular flexibility index (Phi) is 3.75. The van der Waals surface area contributed by atoms with Gasteiger partial charge in [-0.2, -0.15) is 0 Å². The van der Waals surface area contributed by atoms with E-state index in [9.17, 15) is 17.6 Å². The van der Waals surface area contributed by atoms with Gasteiger partial charge in [-0.1, -0.05) is 0 Å². The Labute approximate surface area is 114 Å². The molecule has 2 aromatic rings. The highest BCUT2D eigenvalue weighted by atomic mass is 32.2. The van der Waals surface area contributed by atoms with E-state index < -0.39 is 21.6 Å². The van der Waals surface area contributed by atoms with E-state index in [0.717, 1.165) is 12.5 Å². The first-order chi connectivity index (χ1) is 9.38. The molecule has 0 aliphatic rings. The predicted molar refractivity (Wildman–Crippen MR) is 69.5 cm³/mol. The molecule has 0 saturated carbocycles. The van der Waals surface area contributed by atoms with Crippen LogP contribution in [-0.2, 0) is 9.84 Å². The van der Waals surface area contributed by atoms with Crippen LogP contribution in [0.5, 0.6) is 0 Å². The zero-order chi connectivity index (χ0) is 14.8. The summed E-state index contributed by atoms with van der Waals surface area (Å²) >= 11 is 0. The van der Waals surface area contributed by atoms with Crippen molar-refractivity contribution < 1.29 is 17.6 Å². The van der Waals surface area contributed by atoms with E-state index in [1.54, 1.807) is 0 Å². The quantitative estimate of drug-likeness (QED) is 0.921. The Bertz CT molecular complexity index is 745. The van der Waals surface area contributed by atoms with Crippen LogP contribution in [0.1, 0.15) is 10.4 Å². The lowest BCUT2D eigenvalue weighted by atomic mass is 10.2. The van der Waals surface area contributed by atoms with Gasteiger partial charge >= 0.3 is 0 Å². The lowest BCUT2D eigenvalue weighted by Crippen LogP contribution is -2.14. The van der Waals surface area contributed by atoms with Crippen LogP contribution in [0.2, 0.25) is 0 Å². The van der Waals surface area contributed by atoms with Crippen LogP contribution in [0, 0.1) is 5.82 Å². The normalized spacial score (nSPS) is 11.1. The van der Waals surface area contributed by atoms with Crippen molar-refractivity contribution in [1.82, 2.24) is 9.97 Å². The van der Waals surface area contributed by atoms with Crippen molar-refractivity contribution in [3.63, 3.8) is 0 Å². The first-order valence-electron chi connectivity index (χ1n) is 5.45. The van der Waals surface area contributed by atoms with Crippen molar-refractivity contribution in [2.45, 2.75) is 5.03 Å². The van der Waals surface area contributed by atoms with Crippen LogP contribution in [0.4, 0.5) is 10.1 Å².